The predicted molar refractivity (Wildman–Crippen MR) is 63.8 cm³/mol. The normalized spacial score (nSPS) is 21.6. The van der Waals surface area contributed by atoms with Crippen LogP contribution >= 0.6 is 0 Å². The van der Waals surface area contributed by atoms with Gasteiger partial charge in [-0.15, -0.1) is 0 Å². The van der Waals surface area contributed by atoms with Gasteiger partial charge in [-0.25, -0.2) is 0 Å². The van der Waals surface area contributed by atoms with Gasteiger partial charge in [0.05, 0.1) is 7.11 Å². The molecule has 1 aliphatic carbocycles. The first-order valence-electron chi connectivity index (χ1n) is 5.98. The Hall–Kier alpha value is -1.31. The zero-order valence-electron chi connectivity index (χ0n) is 9.74. The standard InChI is InChI=1S/C14H18O2/c1-16-12-9-7-11(8-10-12)13-5-3-2-4-6-14(13)15/h7-10,13H,2-6H2,1H3. The van der Waals surface area contributed by atoms with E-state index in [2.05, 4.69) is 0 Å². The number of carbonyl (C=O) groups excluding carboxylic acids is 1. The summed E-state index contributed by atoms with van der Waals surface area (Å²) in [5.74, 6) is 1.38. The number of methoxy groups -OCH3 is 1. The van der Waals surface area contributed by atoms with Gasteiger partial charge >= 0.3 is 0 Å². The largest absolute Gasteiger partial charge is 0.497 e. The highest BCUT2D eigenvalue weighted by molar-refractivity contribution is 5.85. The zero-order chi connectivity index (χ0) is 11.4. The first-order chi connectivity index (χ1) is 7.81. The number of rotatable bonds is 2. The van der Waals surface area contributed by atoms with Crippen LogP contribution < -0.4 is 4.74 Å². The van der Waals surface area contributed by atoms with Crippen LogP contribution in [0.4, 0.5) is 0 Å². The third-order valence-electron chi connectivity index (χ3n) is 3.32. The molecule has 16 heavy (non-hydrogen) atoms. The number of hydrogen-bond acceptors (Lipinski definition) is 2. The first-order valence-corrected chi connectivity index (χ1v) is 5.98. The van der Waals surface area contributed by atoms with Gasteiger partial charge in [0.2, 0.25) is 0 Å². The topological polar surface area (TPSA) is 26.3 Å². The highest BCUT2D eigenvalue weighted by atomic mass is 16.5. The molecule has 0 aliphatic heterocycles. The number of ketones is 1. The lowest BCUT2D eigenvalue weighted by Gasteiger charge is -2.13. The maximum absolute atomic E-state index is 11.9. The molecule has 1 fully saturated rings. The molecule has 0 radical (unpaired) electrons. The Kier molecular flexibility index (Phi) is 3.60. The van der Waals surface area contributed by atoms with Crippen molar-refractivity contribution in [3.63, 3.8) is 0 Å². The quantitative estimate of drug-likeness (QED) is 0.712. The molecule has 1 aliphatic rings. The summed E-state index contributed by atoms with van der Waals surface area (Å²) in [4.78, 5) is 11.9. The third kappa shape index (κ3) is 2.43. The summed E-state index contributed by atoms with van der Waals surface area (Å²) < 4.78 is 5.12. The molecule has 2 heteroatoms. The molecule has 1 aromatic carbocycles. The average Bonchev–Trinajstić information content (AvgIpc) is 2.54. The highest BCUT2D eigenvalue weighted by Gasteiger charge is 2.22. The van der Waals surface area contributed by atoms with Crippen molar-refractivity contribution < 1.29 is 9.53 Å². The monoisotopic (exact) mass is 218 g/mol. The second kappa shape index (κ2) is 5.15. The summed E-state index contributed by atoms with van der Waals surface area (Å²) in [6.07, 6.45) is 5.17. The van der Waals surface area contributed by atoms with Crippen LogP contribution in [0.3, 0.4) is 0 Å². The molecule has 1 unspecified atom stereocenters. The minimum absolute atomic E-state index is 0.119. The van der Waals surface area contributed by atoms with Crippen LogP contribution in [0.25, 0.3) is 0 Å². The summed E-state index contributed by atoms with van der Waals surface area (Å²) in [5, 5.41) is 0. The fourth-order valence-corrected chi connectivity index (χ4v) is 2.35. The van der Waals surface area contributed by atoms with E-state index in [1.165, 1.54) is 12.8 Å². The van der Waals surface area contributed by atoms with Crippen molar-refractivity contribution in [2.45, 2.75) is 38.0 Å². The maximum Gasteiger partial charge on any atom is 0.140 e. The maximum atomic E-state index is 11.9. The van der Waals surface area contributed by atoms with E-state index in [9.17, 15) is 4.79 Å². The van der Waals surface area contributed by atoms with E-state index in [0.717, 1.165) is 30.6 Å². The Balaban J connectivity index is 2.17. The van der Waals surface area contributed by atoms with Gasteiger partial charge in [-0.2, -0.15) is 0 Å². The summed E-state index contributed by atoms with van der Waals surface area (Å²) in [6.45, 7) is 0. The highest BCUT2D eigenvalue weighted by Crippen LogP contribution is 2.29. The van der Waals surface area contributed by atoms with E-state index >= 15 is 0 Å². The molecule has 2 nitrogen and oxygen atoms in total. The molecule has 1 saturated carbocycles. The van der Waals surface area contributed by atoms with Crippen LogP contribution in [0, 0.1) is 0 Å². The molecule has 1 aromatic rings. The number of Topliss-reactive ketones (excluding diaryl/α,β-unsaturated/α-hetero) is 1. The van der Waals surface area contributed by atoms with Crippen molar-refractivity contribution >= 4 is 5.78 Å². The van der Waals surface area contributed by atoms with E-state index in [1.54, 1.807) is 7.11 Å². The fourth-order valence-electron chi connectivity index (χ4n) is 2.35. The Bertz CT molecular complexity index is 354. The lowest BCUT2D eigenvalue weighted by Crippen LogP contribution is -2.10. The molecule has 86 valence electrons. The SMILES string of the molecule is COc1ccc(C2CCCCCC2=O)cc1. The Morgan fingerprint density at radius 3 is 2.56 bits per heavy atom. The van der Waals surface area contributed by atoms with E-state index in [4.69, 9.17) is 4.74 Å². The van der Waals surface area contributed by atoms with Crippen molar-refractivity contribution in [1.82, 2.24) is 0 Å². The second-order valence-corrected chi connectivity index (χ2v) is 4.39. The Labute approximate surface area is 96.6 Å². The molecule has 0 aromatic heterocycles. The number of benzene rings is 1. The second-order valence-electron chi connectivity index (χ2n) is 4.39. The van der Waals surface area contributed by atoms with E-state index in [1.807, 2.05) is 24.3 Å². The van der Waals surface area contributed by atoms with Gasteiger partial charge in [0.25, 0.3) is 0 Å². The smallest absolute Gasteiger partial charge is 0.140 e. The van der Waals surface area contributed by atoms with Crippen LogP contribution in [-0.4, -0.2) is 12.9 Å². The van der Waals surface area contributed by atoms with Gasteiger partial charge < -0.3 is 4.74 Å². The van der Waals surface area contributed by atoms with E-state index in [0.29, 0.717) is 5.78 Å². The zero-order valence-corrected chi connectivity index (χ0v) is 9.74. The van der Waals surface area contributed by atoms with Crippen LogP contribution in [0.1, 0.15) is 43.6 Å². The molecule has 0 heterocycles. The van der Waals surface area contributed by atoms with Crippen LogP contribution in [0.2, 0.25) is 0 Å². The molecule has 0 amide bonds. The minimum atomic E-state index is 0.119. The van der Waals surface area contributed by atoms with Crippen molar-refractivity contribution in [3.05, 3.63) is 29.8 Å². The van der Waals surface area contributed by atoms with Gasteiger partial charge in [0, 0.05) is 12.3 Å². The van der Waals surface area contributed by atoms with E-state index in [-0.39, 0.29) is 5.92 Å². The van der Waals surface area contributed by atoms with Gasteiger partial charge in [0.1, 0.15) is 11.5 Å². The molecule has 1 atom stereocenters. The Morgan fingerprint density at radius 1 is 1.12 bits per heavy atom. The molecule has 0 spiro atoms. The van der Waals surface area contributed by atoms with Gasteiger partial charge in [-0.05, 0) is 30.5 Å². The average molecular weight is 218 g/mol. The number of carbonyl (C=O) groups is 1. The minimum Gasteiger partial charge on any atom is -0.497 e. The summed E-state index contributed by atoms with van der Waals surface area (Å²) in [6, 6.07) is 7.92. The summed E-state index contributed by atoms with van der Waals surface area (Å²) in [5.41, 5.74) is 1.15. The van der Waals surface area contributed by atoms with E-state index < -0.39 is 0 Å². The van der Waals surface area contributed by atoms with Crippen molar-refractivity contribution in [3.8, 4) is 5.75 Å². The number of ether oxygens (including phenoxy) is 1. The predicted octanol–water partition coefficient (Wildman–Crippen LogP) is 3.31. The molecule has 2 rings (SSSR count). The molecular formula is C14H18O2. The molecule has 0 bridgehead atoms. The lowest BCUT2D eigenvalue weighted by molar-refractivity contribution is -0.120. The molecule has 0 saturated heterocycles. The Morgan fingerprint density at radius 2 is 1.88 bits per heavy atom. The van der Waals surface area contributed by atoms with Crippen LogP contribution in [-0.2, 0) is 4.79 Å². The fraction of sp³-hybridized carbons (Fsp3) is 0.500. The van der Waals surface area contributed by atoms with Crippen LogP contribution in [0.15, 0.2) is 24.3 Å². The third-order valence-corrected chi connectivity index (χ3v) is 3.32. The molecular weight excluding hydrogens is 200 g/mol. The van der Waals surface area contributed by atoms with Crippen molar-refractivity contribution in [2.75, 3.05) is 7.11 Å². The lowest BCUT2D eigenvalue weighted by atomic mass is 9.91. The number of hydrogen-bond donors (Lipinski definition) is 0. The van der Waals surface area contributed by atoms with Crippen molar-refractivity contribution in [2.24, 2.45) is 0 Å². The van der Waals surface area contributed by atoms with Gasteiger partial charge in [-0.1, -0.05) is 25.0 Å². The van der Waals surface area contributed by atoms with Crippen LogP contribution in [0.5, 0.6) is 5.75 Å². The van der Waals surface area contributed by atoms with Crippen molar-refractivity contribution in [1.29, 1.82) is 0 Å². The van der Waals surface area contributed by atoms with Gasteiger partial charge in [0.15, 0.2) is 0 Å². The van der Waals surface area contributed by atoms with Gasteiger partial charge in [-0.3, -0.25) is 4.79 Å². The summed E-state index contributed by atoms with van der Waals surface area (Å²) >= 11 is 0. The first kappa shape index (κ1) is 11.2. The summed E-state index contributed by atoms with van der Waals surface area (Å²) in [7, 11) is 1.66. The molecule has 0 N–H and O–H groups in total.